The predicted molar refractivity (Wildman–Crippen MR) is 87.6 cm³/mol. The Labute approximate surface area is 138 Å². The van der Waals surface area contributed by atoms with Crippen LogP contribution in [0.4, 0.5) is 14.9 Å². The molecule has 3 rings (SSSR count). The second-order valence-corrected chi connectivity index (χ2v) is 4.77. The Morgan fingerprint density at radius 1 is 1.48 bits per heavy atom. The molecule has 1 aliphatic rings. The Kier molecular flexibility index (Phi) is 4.90. The number of fused-ring (bicyclic) bond motifs is 1. The molecule has 122 valence electrons. The number of anilines is 1. The molecule has 8 heteroatoms. The van der Waals surface area contributed by atoms with E-state index in [-0.39, 0.29) is 23.8 Å². The Balaban J connectivity index is 0.00000192. The first-order valence-corrected chi connectivity index (χ1v) is 6.84. The fourth-order valence-corrected chi connectivity index (χ4v) is 2.33. The fraction of sp³-hybridized carbons (Fsp3) is 0.200. The Hall–Kier alpha value is -2.54. The average molecular weight is 339 g/mol. The maximum Gasteiger partial charge on any atom is 0.417 e. The first-order valence-electron chi connectivity index (χ1n) is 6.84. The molecule has 0 aliphatic carbocycles. The average Bonchev–Trinajstić information content (AvgIpc) is 2.97. The number of nitrogens with one attached hydrogen (secondary N) is 1. The lowest BCUT2D eigenvalue weighted by molar-refractivity contribution is 0.154. The zero-order valence-electron chi connectivity index (χ0n) is 12.3. The SMILES string of the molecule is CCOC(=O)n1ccc(C2N=C(N)c3c(F)cccc3N2)c1.Cl. The van der Waals surface area contributed by atoms with Crippen LogP contribution < -0.4 is 11.1 Å². The summed E-state index contributed by atoms with van der Waals surface area (Å²) in [5.41, 5.74) is 7.43. The second kappa shape index (κ2) is 6.70. The van der Waals surface area contributed by atoms with Crippen molar-refractivity contribution < 1.29 is 13.9 Å². The van der Waals surface area contributed by atoms with Gasteiger partial charge in [-0.05, 0) is 25.1 Å². The predicted octanol–water partition coefficient (Wildman–Crippen LogP) is 2.88. The Morgan fingerprint density at radius 3 is 3.00 bits per heavy atom. The highest BCUT2D eigenvalue weighted by Gasteiger charge is 2.23. The van der Waals surface area contributed by atoms with Gasteiger partial charge in [0, 0.05) is 23.6 Å². The van der Waals surface area contributed by atoms with Crippen molar-refractivity contribution in [3.05, 3.63) is 53.6 Å². The summed E-state index contributed by atoms with van der Waals surface area (Å²) >= 11 is 0. The molecule has 0 amide bonds. The molecule has 0 saturated heterocycles. The van der Waals surface area contributed by atoms with E-state index < -0.39 is 18.1 Å². The molecule has 1 aromatic heterocycles. The Bertz CT molecular complexity index is 760. The number of nitrogens with two attached hydrogens (primary N) is 1. The number of carbonyl (C=O) groups is 1. The molecule has 0 radical (unpaired) electrons. The molecule has 1 aliphatic heterocycles. The smallest absolute Gasteiger partial charge is 0.417 e. The molecule has 6 nitrogen and oxygen atoms in total. The van der Waals surface area contributed by atoms with E-state index in [0.29, 0.717) is 12.3 Å². The number of aliphatic imine (C=N–C) groups is 1. The van der Waals surface area contributed by atoms with Crippen molar-refractivity contribution in [2.24, 2.45) is 10.7 Å². The van der Waals surface area contributed by atoms with E-state index in [1.165, 1.54) is 10.6 Å². The lowest BCUT2D eigenvalue weighted by Gasteiger charge is -2.23. The number of rotatable bonds is 2. The third kappa shape index (κ3) is 3.14. The summed E-state index contributed by atoms with van der Waals surface area (Å²) in [5, 5.41) is 3.10. The van der Waals surface area contributed by atoms with E-state index in [2.05, 4.69) is 10.3 Å². The number of hydrogen-bond acceptors (Lipinski definition) is 5. The summed E-state index contributed by atoms with van der Waals surface area (Å²) < 4.78 is 20.0. The molecule has 0 saturated carbocycles. The van der Waals surface area contributed by atoms with Gasteiger partial charge < -0.3 is 15.8 Å². The molecule has 0 bridgehead atoms. The molecule has 23 heavy (non-hydrogen) atoms. The van der Waals surface area contributed by atoms with Crippen LogP contribution >= 0.6 is 12.4 Å². The second-order valence-electron chi connectivity index (χ2n) is 4.77. The third-order valence-corrected chi connectivity index (χ3v) is 3.34. The van der Waals surface area contributed by atoms with Crippen LogP contribution in [0.3, 0.4) is 0 Å². The summed E-state index contributed by atoms with van der Waals surface area (Å²) in [6, 6.07) is 6.39. The number of nitrogens with zero attached hydrogens (tertiary/aromatic N) is 2. The quantitative estimate of drug-likeness (QED) is 0.882. The number of benzene rings is 1. The normalized spacial score (nSPS) is 15.7. The van der Waals surface area contributed by atoms with E-state index in [9.17, 15) is 9.18 Å². The van der Waals surface area contributed by atoms with Gasteiger partial charge in [-0.25, -0.2) is 14.2 Å². The van der Waals surface area contributed by atoms with Gasteiger partial charge in [-0.2, -0.15) is 0 Å². The van der Waals surface area contributed by atoms with Gasteiger partial charge in [-0.3, -0.25) is 4.57 Å². The first kappa shape index (κ1) is 16.8. The highest BCUT2D eigenvalue weighted by atomic mass is 35.5. The maximum absolute atomic E-state index is 13.8. The maximum atomic E-state index is 13.8. The largest absolute Gasteiger partial charge is 0.449 e. The highest BCUT2D eigenvalue weighted by Crippen LogP contribution is 2.30. The van der Waals surface area contributed by atoms with E-state index in [4.69, 9.17) is 10.5 Å². The van der Waals surface area contributed by atoms with Crippen LogP contribution in [0.1, 0.15) is 24.2 Å². The van der Waals surface area contributed by atoms with Crippen molar-refractivity contribution in [1.29, 1.82) is 0 Å². The molecule has 1 atom stereocenters. The number of aromatic nitrogens is 1. The minimum absolute atomic E-state index is 0. The molecule has 2 aromatic rings. The monoisotopic (exact) mass is 338 g/mol. The van der Waals surface area contributed by atoms with Gasteiger partial charge in [0.15, 0.2) is 0 Å². The lowest BCUT2D eigenvalue weighted by atomic mass is 10.1. The van der Waals surface area contributed by atoms with Gasteiger partial charge in [0.1, 0.15) is 17.8 Å². The van der Waals surface area contributed by atoms with Crippen molar-refractivity contribution >= 4 is 30.0 Å². The van der Waals surface area contributed by atoms with E-state index in [1.807, 2.05) is 0 Å². The minimum Gasteiger partial charge on any atom is -0.449 e. The molecule has 1 unspecified atom stereocenters. The summed E-state index contributed by atoms with van der Waals surface area (Å²) in [6.07, 6.45) is 2.25. The minimum atomic E-state index is -0.482. The van der Waals surface area contributed by atoms with Gasteiger partial charge in [0.05, 0.1) is 12.2 Å². The summed E-state index contributed by atoms with van der Waals surface area (Å²) in [6.45, 7) is 2.03. The van der Waals surface area contributed by atoms with Crippen LogP contribution in [0.25, 0.3) is 0 Å². The van der Waals surface area contributed by atoms with Crippen molar-refractivity contribution in [2.75, 3.05) is 11.9 Å². The molecule has 0 fully saturated rings. The van der Waals surface area contributed by atoms with Crippen LogP contribution in [0.5, 0.6) is 0 Å². The van der Waals surface area contributed by atoms with Crippen LogP contribution in [-0.4, -0.2) is 23.1 Å². The zero-order valence-corrected chi connectivity index (χ0v) is 13.1. The number of halogens is 2. The first-order chi connectivity index (χ1) is 10.6. The Morgan fingerprint density at radius 2 is 2.26 bits per heavy atom. The van der Waals surface area contributed by atoms with Gasteiger partial charge >= 0.3 is 6.09 Å². The molecule has 2 heterocycles. The molecule has 0 spiro atoms. The summed E-state index contributed by atoms with van der Waals surface area (Å²) in [5.74, 6) is -0.297. The van der Waals surface area contributed by atoms with Crippen LogP contribution in [-0.2, 0) is 4.74 Å². The van der Waals surface area contributed by atoms with Crippen LogP contribution in [0, 0.1) is 5.82 Å². The number of carbonyl (C=O) groups excluding carboxylic acids is 1. The zero-order chi connectivity index (χ0) is 15.7. The van der Waals surface area contributed by atoms with Crippen LogP contribution in [0.15, 0.2) is 41.7 Å². The topological polar surface area (TPSA) is 81.6 Å². The highest BCUT2D eigenvalue weighted by molar-refractivity contribution is 6.04. The van der Waals surface area contributed by atoms with E-state index in [1.54, 1.807) is 37.5 Å². The molecular weight excluding hydrogens is 323 g/mol. The van der Waals surface area contributed by atoms with Gasteiger partial charge in [-0.15, -0.1) is 12.4 Å². The third-order valence-electron chi connectivity index (χ3n) is 3.34. The summed E-state index contributed by atoms with van der Waals surface area (Å²) in [4.78, 5) is 15.9. The van der Waals surface area contributed by atoms with E-state index in [0.717, 1.165) is 5.56 Å². The lowest BCUT2D eigenvalue weighted by Crippen LogP contribution is -2.26. The number of hydrogen-bond donors (Lipinski definition) is 2. The van der Waals surface area contributed by atoms with Crippen molar-refractivity contribution in [3.8, 4) is 0 Å². The molecule has 3 N–H and O–H groups in total. The molecular formula is C15H16ClFN4O2. The van der Waals surface area contributed by atoms with Gasteiger partial charge in [-0.1, -0.05) is 6.07 Å². The fourth-order valence-electron chi connectivity index (χ4n) is 2.33. The number of ether oxygens (including phenoxy) is 1. The standard InChI is InChI=1S/C15H15FN4O2.ClH/c1-2-22-15(21)20-7-6-9(8-20)14-18-11-5-3-4-10(16)12(11)13(17)19-14;/h3-8,14,18H,2H2,1H3,(H2,17,19);1H. The van der Waals surface area contributed by atoms with Crippen molar-refractivity contribution in [3.63, 3.8) is 0 Å². The van der Waals surface area contributed by atoms with Crippen molar-refractivity contribution in [2.45, 2.75) is 13.1 Å². The molecule has 1 aromatic carbocycles. The summed E-state index contributed by atoms with van der Waals surface area (Å²) in [7, 11) is 0. The van der Waals surface area contributed by atoms with Crippen molar-refractivity contribution in [1.82, 2.24) is 4.57 Å². The van der Waals surface area contributed by atoms with Gasteiger partial charge in [0.2, 0.25) is 0 Å². The van der Waals surface area contributed by atoms with E-state index >= 15 is 0 Å². The number of amidine groups is 1. The van der Waals surface area contributed by atoms with Gasteiger partial charge in [0.25, 0.3) is 0 Å². The van der Waals surface area contributed by atoms with Crippen LogP contribution in [0.2, 0.25) is 0 Å².